The first kappa shape index (κ1) is 14.7. The Kier molecular flexibility index (Phi) is 3.82. The zero-order valence-corrected chi connectivity index (χ0v) is 13.7. The van der Waals surface area contributed by atoms with Crippen LogP contribution in [0.25, 0.3) is 10.8 Å². The van der Waals surface area contributed by atoms with E-state index in [4.69, 9.17) is 0 Å². The van der Waals surface area contributed by atoms with E-state index in [0.717, 1.165) is 18.4 Å². The van der Waals surface area contributed by atoms with E-state index in [1.165, 1.54) is 23.6 Å². The van der Waals surface area contributed by atoms with Crippen LogP contribution >= 0.6 is 0 Å². The van der Waals surface area contributed by atoms with E-state index in [-0.39, 0.29) is 5.91 Å². The van der Waals surface area contributed by atoms with Crippen LogP contribution in [0.1, 0.15) is 31.2 Å². The molecule has 2 aromatic carbocycles. The third-order valence-electron chi connectivity index (χ3n) is 5.56. The average molecular weight is 308 g/mol. The molecule has 0 radical (unpaired) electrons. The molecule has 2 unspecified atom stereocenters. The molecular formula is C20H24N2O. The number of carbonyl (C=O) groups is 1. The Balaban J connectivity index is 1.45. The minimum absolute atomic E-state index is 0.242. The minimum atomic E-state index is 0.242. The molecule has 1 amide bonds. The molecule has 23 heavy (non-hydrogen) atoms. The van der Waals surface area contributed by atoms with Gasteiger partial charge in [0.25, 0.3) is 0 Å². The van der Waals surface area contributed by atoms with Crippen LogP contribution in [0.3, 0.4) is 0 Å². The van der Waals surface area contributed by atoms with Gasteiger partial charge in [-0.2, -0.15) is 0 Å². The highest BCUT2D eigenvalue weighted by atomic mass is 16.2. The van der Waals surface area contributed by atoms with Gasteiger partial charge in [0.1, 0.15) is 0 Å². The summed E-state index contributed by atoms with van der Waals surface area (Å²) in [6.07, 6.45) is 5.26. The van der Waals surface area contributed by atoms with Crippen LogP contribution < -0.4 is 5.32 Å². The van der Waals surface area contributed by atoms with Gasteiger partial charge in [-0.15, -0.1) is 0 Å². The number of benzene rings is 2. The predicted octanol–water partition coefficient (Wildman–Crippen LogP) is 3.12. The number of amides is 1. The zero-order valence-electron chi connectivity index (χ0n) is 13.7. The maximum Gasteiger partial charge on any atom is 0.226 e. The normalized spacial score (nSPS) is 26.4. The van der Waals surface area contributed by atoms with Gasteiger partial charge in [-0.3, -0.25) is 4.79 Å². The molecule has 2 heterocycles. The Hall–Kier alpha value is -1.87. The van der Waals surface area contributed by atoms with E-state index in [9.17, 15) is 4.79 Å². The van der Waals surface area contributed by atoms with Crippen molar-refractivity contribution in [2.24, 2.45) is 0 Å². The lowest BCUT2D eigenvalue weighted by Crippen LogP contribution is -2.49. The number of nitrogens with one attached hydrogen (secondary N) is 1. The summed E-state index contributed by atoms with van der Waals surface area (Å²) in [6, 6.07) is 16.3. The van der Waals surface area contributed by atoms with Crippen LogP contribution in [-0.2, 0) is 11.2 Å². The zero-order chi connectivity index (χ0) is 15.8. The molecular weight excluding hydrogens is 284 g/mol. The monoisotopic (exact) mass is 308 g/mol. The van der Waals surface area contributed by atoms with Gasteiger partial charge in [-0.25, -0.2) is 0 Å². The lowest BCUT2D eigenvalue weighted by molar-refractivity contribution is -0.131. The van der Waals surface area contributed by atoms with Crippen molar-refractivity contribution in [3.05, 3.63) is 48.0 Å². The Morgan fingerprint density at radius 2 is 1.78 bits per heavy atom. The Morgan fingerprint density at radius 3 is 2.52 bits per heavy atom. The third kappa shape index (κ3) is 2.98. The molecule has 3 nitrogen and oxygen atoms in total. The van der Waals surface area contributed by atoms with Gasteiger partial charge in [0.15, 0.2) is 0 Å². The summed E-state index contributed by atoms with van der Waals surface area (Å²) in [5, 5.41) is 6.08. The molecule has 2 aliphatic rings. The van der Waals surface area contributed by atoms with Gasteiger partial charge >= 0.3 is 0 Å². The second-order valence-electron chi connectivity index (χ2n) is 7.13. The van der Waals surface area contributed by atoms with Crippen LogP contribution in [0.4, 0.5) is 0 Å². The van der Waals surface area contributed by atoms with Crippen LogP contribution in [0.5, 0.6) is 0 Å². The average Bonchev–Trinajstić information content (AvgIpc) is 2.92. The molecule has 4 rings (SSSR count). The summed E-state index contributed by atoms with van der Waals surface area (Å²) in [5.74, 6) is 0.242. The van der Waals surface area contributed by atoms with Crippen LogP contribution in [0.15, 0.2) is 42.5 Å². The largest absolute Gasteiger partial charge is 0.342 e. The molecule has 2 saturated heterocycles. The molecule has 1 N–H and O–H groups in total. The fraction of sp³-hybridized carbons (Fsp3) is 0.450. The smallest absolute Gasteiger partial charge is 0.226 e. The lowest BCUT2D eigenvalue weighted by atomic mass is 9.97. The SMILES string of the molecule is CN(C(=O)Cc1ccc2ccccc2c1)C1CC2CCC(C1)N2. The summed E-state index contributed by atoms with van der Waals surface area (Å²) in [5.41, 5.74) is 1.11. The highest BCUT2D eigenvalue weighted by Crippen LogP contribution is 2.29. The van der Waals surface area contributed by atoms with E-state index in [0.29, 0.717) is 24.5 Å². The van der Waals surface area contributed by atoms with Crippen molar-refractivity contribution in [1.82, 2.24) is 10.2 Å². The number of piperidine rings is 1. The molecule has 2 fully saturated rings. The standard InChI is InChI=1S/C20H24N2O/c1-22(19-12-17-8-9-18(13-19)21-17)20(23)11-14-6-7-15-4-2-3-5-16(15)10-14/h2-7,10,17-19,21H,8-9,11-13H2,1H3. The van der Waals surface area contributed by atoms with E-state index in [1.807, 2.05) is 24.1 Å². The highest BCUT2D eigenvalue weighted by molar-refractivity contribution is 5.85. The molecule has 3 heteroatoms. The number of carbonyl (C=O) groups excluding carboxylic acids is 1. The Labute approximate surface area is 137 Å². The van der Waals surface area contributed by atoms with Gasteiger partial charge in [0.2, 0.25) is 5.91 Å². The van der Waals surface area contributed by atoms with Crippen molar-refractivity contribution in [1.29, 1.82) is 0 Å². The van der Waals surface area contributed by atoms with Gasteiger partial charge in [0.05, 0.1) is 6.42 Å². The van der Waals surface area contributed by atoms with Crippen molar-refractivity contribution in [2.75, 3.05) is 7.05 Å². The first-order valence-corrected chi connectivity index (χ1v) is 8.68. The summed E-state index contributed by atoms with van der Waals surface area (Å²) < 4.78 is 0. The molecule has 2 atom stereocenters. The first-order chi connectivity index (χ1) is 11.2. The minimum Gasteiger partial charge on any atom is -0.342 e. The summed E-state index contributed by atoms with van der Waals surface area (Å²) in [4.78, 5) is 14.7. The maximum absolute atomic E-state index is 12.7. The quantitative estimate of drug-likeness (QED) is 0.945. The lowest BCUT2D eigenvalue weighted by Gasteiger charge is -2.35. The summed E-state index contributed by atoms with van der Waals surface area (Å²) in [6.45, 7) is 0. The Bertz CT molecular complexity index is 714. The van der Waals surface area contributed by atoms with Crippen molar-refractivity contribution in [3.63, 3.8) is 0 Å². The number of fused-ring (bicyclic) bond motifs is 3. The molecule has 0 aromatic heterocycles. The molecule has 2 aromatic rings. The third-order valence-corrected chi connectivity index (χ3v) is 5.56. The molecule has 2 aliphatic heterocycles. The fourth-order valence-corrected chi connectivity index (χ4v) is 4.20. The van der Waals surface area contributed by atoms with Crippen molar-refractivity contribution >= 4 is 16.7 Å². The molecule has 2 bridgehead atoms. The number of nitrogens with zero attached hydrogens (tertiary/aromatic N) is 1. The van der Waals surface area contributed by atoms with E-state index < -0.39 is 0 Å². The molecule has 0 saturated carbocycles. The van der Waals surface area contributed by atoms with Crippen LogP contribution in [0.2, 0.25) is 0 Å². The Morgan fingerprint density at radius 1 is 1.09 bits per heavy atom. The first-order valence-electron chi connectivity index (χ1n) is 8.68. The molecule has 120 valence electrons. The van der Waals surface area contributed by atoms with Crippen LogP contribution in [0, 0.1) is 0 Å². The number of hydrogen-bond donors (Lipinski definition) is 1. The highest BCUT2D eigenvalue weighted by Gasteiger charge is 2.36. The van der Waals surface area contributed by atoms with Crippen molar-refractivity contribution in [2.45, 2.75) is 50.2 Å². The van der Waals surface area contributed by atoms with Gasteiger partial charge in [-0.1, -0.05) is 42.5 Å². The number of likely N-dealkylation sites (N-methyl/N-ethyl adjacent to an activating group) is 1. The number of rotatable bonds is 3. The molecule has 0 spiro atoms. The van der Waals surface area contributed by atoms with Gasteiger partial charge in [0, 0.05) is 25.2 Å². The van der Waals surface area contributed by atoms with Crippen molar-refractivity contribution in [3.8, 4) is 0 Å². The molecule has 0 aliphatic carbocycles. The van der Waals surface area contributed by atoms with Gasteiger partial charge in [-0.05, 0) is 42.0 Å². The summed E-state index contributed by atoms with van der Waals surface area (Å²) >= 11 is 0. The summed E-state index contributed by atoms with van der Waals surface area (Å²) in [7, 11) is 1.98. The second kappa shape index (κ2) is 5.97. The van der Waals surface area contributed by atoms with Crippen LogP contribution in [-0.4, -0.2) is 36.0 Å². The van der Waals surface area contributed by atoms with Gasteiger partial charge < -0.3 is 10.2 Å². The number of hydrogen-bond acceptors (Lipinski definition) is 2. The van der Waals surface area contributed by atoms with E-state index in [1.54, 1.807) is 0 Å². The maximum atomic E-state index is 12.7. The predicted molar refractivity (Wildman–Crippen MR) is 93.4 cm³/mol. The second-order valence-corrected chi connectivity index (χ2v) is 7.13. The van der Waals surface area contributed by atoms with E-state index >= 15 is 0 Å². The topological polar surface area (TPSA) is 32.3 Å². The van der Waals surface area contributed by atoms with Crippen molar-refractivity contribution < 1.29 is 4.79 Å². The van der Waals surface area contributed by atoms with E-state index in [2.05, 4.69) is 35.6 Å². The fourth-order valence-electron chi connectivity index (χ4n) is 4.20.